The molecule has 1 aliphatic rings. The molecule has 0 atom stereocenters. The molecule has 0 saturated carbocycles. The van der Waals surface area contributed by atoms with Gasteiger partial charge in [-0.1, -0.05) is 0 Å². The monoisotopic (exact) mass is 591 g/mol. The van der Waals surface area contributed by atoms with E-state index in [9.17, 15) is 9.90 Å². The summed E-state index contributed by atoms with van der Waals surface area (Å²) < 4.78 is 2.89. The molecule has 0 saturated heterocycles. The number of halogens is 2. The zero-order valence-corrected chi connectivity index (χ0v) is 19.1. The third-order valence-electron chi connectivity index (χ3n) is 4.49. The van der Waals surface area contributed by atoms with Crippen molar-refractivity contribution in [2.75, 3.05) is 0 Å². The highest BCUT2D eigenvalue weighted by atomic mass is 127. The first-order valence-electron chi connectivity index (χ1n) is 8.22. The molecule has 0 aliphatic heterocycles. The first-order valence-corrected chi connectivity index (χ1v) is 11.2. The highest BCUT2D eigenvalue weighted by Gasteiger charge is 2.21. The Morgan fingerprint density at radius 1 is 1.27 bits per heavy atom. The molecule has 8 heteroatoms. The molecule has 3 aromatic rings. The summed E-state index contributed by atoms with van der Waals surface area (Å²) >= 11 is 5.81. The summed E-state index contributed by atoms with van der Waals surface area (Å²) in [5.41, 5.74) is 1.91. The number of benzene rings is 1. The zero-order chi connectivity index (χ0) is 18.4. The van der Waals surface area contributed by atoms with Crippen molar-refractivity contribution in [1.29, 1.82) is 0 Å². The Morgan fingerprint density at radius 3 is 2.69 bits per heavy atom. The first kappa shape index (κ1) is 18.4. The van der Waals surface area contributed by atoms with Gasteiger partial charge in [0.1, 0.15) is 16.4 Å². The van der Waals surface area contributed by atoms with Crippen molar-refractivity contribution in [3.05, 3.63) is 51.5 Å². The van der Waals surface area contributed by atoms with Crippen LogP contribution in [-0.4, -0.2) is 21.0 Å². The normalized spacial score (nSPS) is 14.3. The minimum atomic E-state index is -0.0914. The van der Waals surface area contributed by atoms with Gasteiger partial charge in [-0.25, -0.2) is 4.98 Å². The highest BCUT2D eigenvalue weighted by molar-refractivity contribution is 14.1. The van der Waals surface area contributed by atoms with Crippen molar-refractivity contribution in [2.24, 2.45) is 5.10 Å². The van der Waals surface area contributed by atoms with Gasteiger partial charge in [0.05, 0.1) is 18.7 Å². The van der Waals surface area contributed by atoms with Crippen LogP contribution in [0.4, 0.5) is 0 Å². The Kier molecular flexibility index (Phi) is 5.08. The van der Waals surface area contributed by atoms with Gasteiger partial charge in [-0.2, -0.15) is 9.78 Å². The van der Waals surface area contributed by atoms with Crippen LogP contribution in [0, 0.1) is 14.1 Å². The lowest BCUT2D eigenvalue weighted by Gasteiger charge is -2.10. The lowest BCUT2D eigenvalue weighted by molar-refractivity contribution is 0.467. The molecule has 1 aromatic carbocycles. The van der Waals surface area contributed by atoms with Crippen LogP contribution >= 0.6 is 56.5 Å². The van der Waals surface area contributed by atoms with Crippen LogP contribution < -0.4 is 5.56 Å². The Labute approximate surface area is 181 Å². The molecule has 1 aliphatic carbocycles. The number of aromatic nitrogens is 2. The summed E-state index contributed by atoms with van der Waals surface area (Å²) in [6, 6.07) is 3.67. The lowest BCUT2D eigenvalue weighted by Crippen LogP contribution is -2.21. The number of phenols is 1. The van der Waals surface area contributed by atoms with E-state index >= 15 is 0 Å². The third-order valence-corrected chi connectivity index (χ3v) is 7.32. The molecular weight excluding hydrogens is 576 g/mol. The van der Waals surface area contributed by atoms with Crippen molar-refractivity contribution >= 4 is 72.9 Å². The molecule has 5 nitrogen and oxygen atoms in total. The average Bonchev–Trinajstić information content (AvgIpc) is 2.97. The van der Waals surface area contributed by atoms with Crippen LogP contribution in [0.1, 0.15) is 34.7 Å². The van der Waals surface area contributed by atoms with Crippen LogP contribution in [0.3, 0.4) is 0 Å². The van der Waals surface area contributed by atoms with E-state index in [0.29, 0.717) is 5.82 Å². The van der Waals surface area contributed by atoms with Gasteiger partial charge in [0.25, 0.3) is 5.56 Å². The minimum absolute atomic E-state index is 0.0914. The van der Waals surface area contributed by atoms with Gasteiger partial charge < -0.3 is 5.11 Å². The molecule has 0 amide bonds. The number of aromatic hydroxyl groups is 1. The molecule has 134 valence electrons. The fourth-order valence-corrected chi connectivity index (χ4v) is 6.33. The molecule has 1 N–H and O–H groups in total. The van der Waals surface area contributed by atoms with Crippen LogP contribution in [0.15, 0.2) is 22.0 Å². The number of thiophene rings is 1. The minimum Gasteiger partial charge on any atom is -0.506 e. The van der Waals surface area contributed by atoms with E-state index < -0.39 is 0 Å². The molecule has 4 rings (SSSR count). The Balaban J connectivity index is 1.83. The number of aryl methyl sites for hydroxylation is 3. The van der Waals surface area contributed by atoms with Gasteiger partial charge in [0.2, 0.25) is 0 Å². The third kappa shape index (κ3) is 3.19. The van der Waals surface area contributed by atoms with Gasteiger partial charge in [0.15, 0.2) is 0 Å². The van der Waals surface area contributed by atoms with Gasteiger partial charge in [-0.15, -0.1) is 11.3 Å². The molecule has 0 bridgehead atoms. The van der Waals surface area contributed by atoms with Crippen LogP contribution in [-0.2, 0) is 12.8 Å². The van der Waals surface area contributed by atoms with E-state index in [-0.39, 0.29) is 11.3 Å². The van der Waals surface area contributed by atoms with Crippen LogP contribution in [0.25, 0.3) is 10.2 Å². The summed E-state index contributed by atoms with van der Waals surface area (Å²) in [6.07, 6.45) is 5.95. The topological polar surface area (TPSA) is 67.5 Å². The van der Waals surface area contributed by atoms with Crippen LogP contribution in [0.5, 0.6) is 5.75 Å². The Morgan fingerprint density at radius 2 is 1.96 bits per heavy atom. The predicted molar refractivity (Wildman–Crippen MR) is 122 cm³/mol. The zero-order valence-electron chi connectivity index (χ0n) is 13.9. The van der Waals surface area contributed by atoms with Gasteiger partial charge in [-0.3, -0.25) is 4.79 Å². The van der Waals surface area contributed by atoms with Gasteiger partial charge >= 0.3 is 0 Å². The molecule has 0 unspecified atom stereocenters. The quantitative estimate of drug-likeness (QED) is 0.354. The fourth-order valence-electron chi connectivity index (χ4n) is 3.22. The molecule has 0 radical (unpaired) electrons. The van der Waals surface area contributed by atoms with Gasteiger partial charge in [-0.05, 0) is 101 Å². The smallest absolute Gasteiger partial charge is 0.283 e. The first-order chi connectivity index (χ1) is 12.5. The summed E-state index contributed by atoms with van der Waals surface area (Å²) in [7, 11) is 0. The van der Waals surface area contributed by atoms with Gasteiger partial charge in [0, 0.05) is 4.88 Å². The summed E-state index contributed by atoms with van der Waals surface area (Å²) in [4.78, 5) is 19.8. The molecule has 26 heavy (non-hydrogen) atoms. The standard InChI is InChI=1S/C18H15I2N3O2S/c1-9-22-17-15(11-4-2-3-5-14(11)26-17)18(25)23(9)21-8-10-6-12(19)16(24)13(20)7-10/h6-8,24H,2-5H2,1H3/b21-8-. The number of hydrogen-bond donors (Lipinski definition) is 1. The maximum absolute atomic E-state index is 13.1. The van der Waals surface area contributed by atoms with Crippen molar-refractivity contribution in [3.8, 4) is 5.75 Å². The Hall–Kier alpha value is -1.01. The van der Waals surface area contributed by atoms with E-state index in [1.165, 1.54) is 21.5 Å². The highest BCUT2D eigenvalue weighted by Crippen LogP contribution is 2.33. The van der Waals surface area contributed by atoms with Crippen molar-refractivity contribution in [2.45, 2.75) is 32.6 Å². The lowest BCUT2D eigenvalue weighted by atomic mass is 9.97. The van der Waals surface area contributed by atoms with E-state index in [1.54, 1.807) is 24.5 Å². The largest absolute Gasteiger partial charge is 0.506 e. The summed E-state index contributed by atoms with van der Waals surface area (Å²) in [6.45, 7) is 1.81. The maximum Gasteiger partial charge on any atom is 0.283 e. The predicted octanol–water partition coefficient (Wildman–Crippen LogP) is 4.44. The van der Waals surface area contributed by atoms with Crippen molar-refractivity contribution in [3.63, 3.8) is 0 Å². The number of nitrogens with zero attached hydrogens (tertiary/aromatic N) is 3. The van der Waals surface area contributed by atoms with E-state index in [2.05, 4.69) is 55.3 Å². The van der Waals surface area contributed by atoms with E-state index in [0.717, 1.165) is 42.2 Å². The molecule has 2 heterocycles. The number of hydrogen-bond acceptors (Lipinski definition) is 5. The fraction of sp³-hybridized carbons (Fsp3) is 0.278. The van der Waals surface area contributed by atoms with Crippen LogP contribution in [0.2, 0.25) is 0 Å². The van der Waals surface area contributed by atoms with Crippen molar-refractivity contribution < 1.29 is 5.11 Å². The van der Waals surface area contributed by atoms with E-state index in [1.807, 2.05) is 12.1 Å². The number of rotatable bonds is 2. The second-order valence-electron chi connectivity index (χ2n) is 6.24. The molecule has 2 aromatic heterocycles. The number of fused-ring (bicyclic) bond motifs is 3. The van der Waals surface area contributed by atoms with Crippen molar-refractivity contribution in [1.82, 2.24) is 9.66 Å². The molecule has 0 fully saturated rings. The molecule has 0 spiro atoms. The SMILES string of the molecule is Cc1nc2sc3c(c2c(=O)n1/N=C\c1cc(I)c(O)c(I)c1)CCCC3. The summed E-state index contributed by atoms with van der Waals surface area (Å²) in [5.74, 6) is 0.852. The number of phenolic OH excluding ortho intramolecular Hbond substituents is 1. The summed E-state index contributed by atoms with van der Waals surface area (Å²) in [5, 5.41) is 15.0. The second-order valence-corrected chi connectivity index (χ2v) is 9.65. The maximum atomic E-state index is 13.1. The Bertz CT molecular complexity index is 1090. The van der Waals surface area contributed by atoms with E-state index in [4.69, 9.17) is 0 Å². The molecular formula is C18H15I2N3O2S. The second kappa shape index (κ2) is 7.19. The average molecular weight is 591 g/mol.